The predicted octanol–water partition coefficient (Wildman–Crippen LogP) is 4.30. The number of hydrogen-bond acceptors (Lipinski definition) is 2. The Bertz CT molecular complexity index is 568. The Morgan fingerprint density at radius 2 is 1.95 bits per heavy atom. The maximum Gasteiger partial charge on any atom is 0.0682 e. The van der Waals surface area contributed by atoms with Gasteiger partial charge in [-0.25, -0.2) is 0 Å². The summed E-state index contributed by atoms with van der Waals surface area (Å²) in [5.74, 6) is 0. The molecule has 3 heteroatoms. The number of benzene rings is 2. The second kappa shape index (κ2) is 6.09. The molecular formula is C16H18ClNO. The van der Waals surface area contributed by atoms with Gasteiger partial charge in [0.1, 0.15) is 0 Å². The van der Waals surface area contributed by atoms with Gasteiger partial charge in [-0.2, -0.15) is 0 Å². The van der Waals surface area contributed by atoms with Crippen molar-refractivity contribution in [2.24, 2.45) is 0 Å². The van der Waals surface area contributed by atoms with Crippen LogP contribution in [0.1, 0.15) is 18.1 Å². The van der Waals surface area contributed by atoms with Gasteiger partial charge in [-0.15, -0.1) is 0 Å². The van der Waals surface area contributed by atoms with Gasteiger partial charge in [-0.3, -0.25) is 0 Å². The van der Waals surface area contributed by atoms with Crippen molar-refractivity contribution in [3.63, 3.8) is 0 Å². The summed E-state index contributed by atoms with van der Waals surface area (Å²) in [7, 11) is 0. The van der Waals surface area contributed by atoms with Gasteiger partial charge in [0.05, 0.1) is 17.3 Å². The smallest absolute Gasteiger partial charge is 0.0682 e. The van der Waals surface area contributed by atoms with Crippen LogP contribution < -0.4 is 4.90 Å². The fraction of sp³-hybridized carbons (Fsp3) is 0.250. The minimum Gasteiger partial charge on any atom is -0.392 e. The molecule has 2 aromatic carbocycles. The lowest BCUT2D eigenvalue weighted by molar-refractivity contribution is 0.282. The molecule has 0 unspecified atom stereocenters. The monoisotopic (exact) mass is 275 g/mol. The van der Waals surface area contributed by atoms with E-state index in [-0.39, 0.29) is 6.61 Å². The van der Waals surface area contributed by atoms with Crippen LogP contribution in [0.3, 0.4) is 0 Å². The third kappa shape index (κ3) is 3.09. The molecule has 0 aliphatic rings. The molecule has 0 spiro atoms. The highest BCUT2D eigenvalue weighted by atomic mass is 35.5. The zero-order valence-electron chi connectivity index (χ0n) is 11.2. The normalized spacial score (nSPS) is 10.5. The average Bonchev–Trinajstić information content (AvgIpc) is 2.41. The Balaban J connectivity index is 2.42. The highest BCUT2D eigenvalue weighted by Gasteiger charge is 2.11. The molecule has 1 N–H and O–H groups in total. The van der Waals surface area contributed by atoms with Crippen molar-refractivity contribution in [3.05, 3.63) is 58.6 Å². The molecule has 19 heavy (non-hydrogen) atoms. The Morgan fingerprint density at radius 3 is 2.53 bits per heavy atom. The molecular weight excluding hydrogens is 258 g/mol. The summed E-state index contributed by atoms with van der Waals surface area (Å²) in [6.07, 6.45) is 0. The number of aliphatic hydroxyl groups excluding tert-OH is 1. The van der Waals surface area contributed by atoms with E-state index in [1.54, 1.807) is 0 Å². The van der Waals surface area contributed by atoms with Gasteiger partial charge in [0.2, 0.25) is 0 Å². The molecule has 0 aliphatic carbocycles. The van der Waals surface area contributed by atoms with Crippen LogP contribution in [0.25, 0.3) is 0 Å². The van der Waals surface area contributed by atoms with Gasteiger partial charge < -0.3 is 10.0 Å². The van der Waals surface area contributed by atoms with Gasteiger partial charge in [0, 0.05) is 12.2 Å². The number of hydrogen-bond donors (Lipinski definition) is 1. The standard InChI is InChI=1S/C16H18ClNO/c1-3-18(14-6-4-5-12(2)9-14)16-8-7-13(11-19)10-15(16)17/h4-10,19H,3,11H2,1-2H3. The molecule has 2 aromatic rings. The first-order chi connectivity index (χ1) is 9.15. The summed E-state index contributed by atoms with van der Waals surface area (Å²) >= 11 is 6.32. The summed E-state index contributed by atoms with van der Waals surface area (Å²) in [6, 6.07) is 14.0. The topological polar surface area (TPSA) is 23.5 Å². The summed E-state index contributed by atoms with van der Waals surface area (Å²) in [4.78, 5) is 2.16. The van der Waals surface area contributed by atoms with Crippen LogP contribution in [0, 0.1) is 6.92 Å². The largest absolute Gasteiger partial charge is 0.392 e. The Morgan fingerprint density at radius 1 is 1.16 bits per heavy atom. The van der Waals surface area contributed by atoms with Crippen molar-refractivity contribution in [1.29, 1.82) is 0 Å². The minimum atomic E-state index is 0.0105. The van der Waals surface area contributed by atoms with Crippen LogP contribution in [0.15, 0.2) is 42.5 Å². The van der Waals surface area contributed by atoms with E-state index in [9.17, 15) is 0 Å². The summed E-state index contributed by atoms with van der Waals surface area (Å²) < 4.78 is 0. The van der Waals surface area contributed by atoms with Crippen LogP contribution in [0.5, 0.6) is 0 Å². The summed E-state index contributed by atoms with van der Waals surface area (Å²) in [5.41, 5.74) is 4.14. The third-order valence-electron chi connectivity index (χ3n) is 3.12. The van der Waals surface area contributed by atoms with Crippen molar-refractivity contribution in [2.75, 3.05) is 11.4 Å². The Labute approximate surface area is 119 Å². The number of halogens is 1. The third-order valence-corrected chi connectivity index (χ3v) is 3.42. The number of rotatable bonds is 4. The molecule has 0 amide bonds. The Kier molecular flexibility index (Phi) is 4.46. The van der Waals surface area contributed by atoms with Crippen molar-refractivity contribution in [1.82, 2.24) is 0 Å². The van der Waals surface area contributed by atoms with E-state index in [4.69, 9.17) is 16.7 Å². The number of aliphatic hydroxyl groups is 1. The molecule has 2 rings (SSSR count). The van der Waals surface area contributed by atoms with Gasteiger partial charge in [0.15, 0.2) is 0 Å². The van der Waals surface area contributed by atoms with Gasteiger partial charge in [-0.05, 0) is 49.2 Å². The second-order valence-corrected chi connectivity index (χ2v) is 4.93. The highest BCUT2D eigenvalue weighted by molar-refractivity contribution is 6.33. The first-order valence-electron chi connectivity index (χ1n) is 6.39. The maximum absolute atomic E-state index is 9.13. The van der Waals surface area contributed by atoms with E-state index in [1.165, 1.54) is 5.56 Å². The van der Waals surface area contributed by atoms with Crippen molar-refractivity contribution in [3.8, 4) is 0 Å². The van der Waals surface area contributed by atoms with Crippen LogP contribution in [0.2, 0.25) is 5.02 Å². The lowest BCUT2D eigenvalue weighted by Crippen LogP contribution is -2.16. The first kappa shape index (κ1) is 13.9. The SMILES string of the molecule is CCN(c1cccc(C)c1)c1ccc(CO)cc1Cl. The molecule has 2 nitrogen and oxygen atoms in total. The predicted molar refractivity (Wildman–Crippen MR) is 81.2 cm³/mol. The average molecular weight is 276 g/mol. The fourth-order valence-electron chi connectivity index (χ4n) is 2.16. The number of nitrogens with zero attached hydrogens (tertiary/aromatic N) is 1. The Hall–Kier alpha value is -1.51. The van der Waals surface area contributed by atoms with Crippen molar-refractivity contribution < 1.29 is 5.11 Å². The van der Waals surface area contributed by atoms with E-state index in [2.05, 4.69) is 36.9 Å². The molecule has 0 aliphatic heterocycles. The highest BCUT2D eigenvalue weighted by Crippen LogP contribution is 2.32. The van der Waals surface area contributed by atoms with Crippen molar-refractivity contribution >= 4 is 23.0 Å². The molecule has 0 saturated carbocycles. The molecule has 0 heterocycles. The van der Waals surface area contributed by atoms with Crippen LogP contribution in [0.4, 0.5) is 11.4 Å². The second-order valence-electron chi connectivity index (χ2n) is 4.53. The van der Waals surface area contributed by atoms with E-state index in [0.717, 1.165) is 23.5 Å². The molecule has 100 valence electrons. The molecule has 0 atom stereocenters. The maximum atomic E-state index is 9.13. The molecule has 0 aromatic heterocycles. The van der Waals surface area contributed by atoms with Crippen molar-refractivity contribution in [2.45, 2.75) is 20.5 Å². The van der Waals surface area contributed by atoms with Crippen LogP contribution in [-0.4, -0.2) is 11.7 Å². The summed E-state index contributed by atoms with van der Waals surface area (Å²) in [5, 5.41) is 9.79. The van der Waals surface area contributed by atoms with E-state index in [1.807, 2.05) is 24.3 Å². The number of anilines is 2. The van der Waals surface area contributed by atoms with Crippen LogP contribution >= 0.6 is 11.6 Å². The molecule has 0 saturated heterocycles. The zero-order valence-corrected chi connectivity index (χ0v) is 12.0. The molecule has 0 radical (unpaired) electrons. The lowest BCUT2D eigenvalue weighted by Gasteiger charge is -2.25. The molecule has 0 bridgehead atoms. The van der Waals surface area contributed by atoms with E-state index >= 15 is 0 Å². The fourth-order valence-corrected chi connectivity index (χ4v) is 2.46. The van der Waals surface area contributed by atoms with Crippen LogP contribution in [-0.2, 0) is 6.61 Å². The lowest BCUT2D eigenvalue weighted by atomic mass is 10.1. The summed E-state index contributed by atoms with van der Waals surface area (Å²) in [6.45, 7) is 5.02. The van der Waals surface area contributed by atoms with Gasteiger partial charge in [-0.1, -0.05) is 29.8 Å². The molecule has 0 fully saturated rings. The zero-order chi connectivity index (χ0) is 13.8. The van der Waals surface area contributed by atoms with E-state index in [0.29, 0.717) is 5.02 Å². The quantitative estimate of drug-likeness (QED) is 0.899. The van der Waals surface area contributed by atoms with E-state index < -0.39 is 0 Å². The first-order valence-corrected chi connectivity index (χ1v) is 6.77. The van der Waals surface area contributed by atoms with Gasteiger partial charge in [0.25, 0.3) is 0 Å². The number of aryl methyl sites for hydroxylation is 1. The minimum absolute atomic E-state index is 0.0105. The van der Waals surface area contributed by atoms with Gasteiger partial charge >= 0.3 is 0 Å².